The lowest BCUT2D eigenvalue weighted by atomic mass is 10.0. The number of hydrogen-bond donors (Lipinski definition) is 1. The molecule has 0 aliphatic heterocycles. The summed E-state index contributed by atoms with van der Waals surface area (Å²) in [6.45, 7) is 1.88. The van der Waals surface area contributed by atoms with Gasteiger partial charge in [0.2, 0.25) is 0 Å². The van der Waals surface area contributed by atoms with Crippen LogP contribution in [0.5, 0.6) is 0 Å². The maximum Gasteiger partial charge on any atom is 0.123 e. The van der Waals surface area contributed by atoms with Gasteiger partial charge in [-0.15, -0.1) is 11.3 Å². The van der Waals surface area contributed by atoms with E-state index in [9.17, 15) is 4.39 Å². The van der Waals surface area contributed by atoms with Gasteiger partial charge in [-0.1, -0.05) is 24.3 Å². The van der Waals surface area contributed by atoms with Crippen LogP contribution in [0.15, 0.2) is 48.5 Å². The minimum absolute atomic E-state index is 0.230. The Morgan fingerprint density at radius 2 is 1.89 bits per heavy atom. The predicted octanol–water partition coefficient (Wildman–Crippen LogP) is 4.40. The van der Waals surface area contributed by atoms with Crippen LogP contribution in [0.2, 0.25) is 0 Å². The summed E-state index contributed by atoms with van der Waals surface area (Å²) in [6, 6.07) is 15.0. The summed E-state index contributed by atoms with van der Waals surface area (Å²) < 4.78 is 14.7. The van der Waals surface area contributed by atoms with Gasteiger partial charge in [0.25, 0.3) is 0 Å². The van der Waals surface area contributed by atoms with E-state index in [1.165, 1.54) is 22.2 Å². The highest BCUT2D eigenvalue weighted by molar-refractivity contribution is 7.19. The normalized spacial score (nSPS) is 12.8. The van der Waals surface area contributed by atoms with Crippen molar-refractivity contribution in [2.24, 2.45) is 5.73 Å². The van der Waals surface area contributed by atoms with E-state index >= 15 is 0 Å². The maximum atomic E-state index is 13.5. The van der Waals surface area contributed by atoms with Crippen LogP contribution >= 0.6 is 11.3 Å². The topological polar surface area (TPSA) is 26.0 Å². The van der Waals surface area contributed by atoms with E-state index in [0.29, 0.717) is 0 Å². The van der Waals surface area contributed by atoms with Crippen LogP contribution < -0.4 is 5.73 Å². The average molecular weight is 271 g/mol. The van der Waals surface area contributed by atoms with E-state index in [-0.39, 0.29) is 11.9 Å². The Bertz CT molecular complexity index is 679. The molecule has 2 N–H and O–H groups in total. The first-order valence-corrected chi connectivity index (χ1v) is 6.96. The Hall–Kier alpha value is -1.71. The van der Waals surface area contributed by atoms with E-state index in [4.69, 9.17) is 5.73 Å². The molecule has 0 saturated carbocycles. The van der Waals surface area contributed by atoms with Crippen molar-refractivity contribution >= 4 is 21.4 Å². The molecule has 0 aliphatic carbocycles. The number of rotatable bonds is 2. The first-order chi connectivity index (χ1) is 9.13. The van der Waals surface area contributed by atoms with E-state index in [0.717, 1.165) is 16.0 Å². The number of fused-ring (bicyclic) bond motifs is 1. The molecule has 1 atom stereocenters. The molecule has 1 nitrogen and oxygen atoms in total. The van der Waals surface area contributed by atoms with Crippen molar-refractivity contribution in [3.05, 3.63) is 70.4 Å². The molecule has 0 saturated heterocycles. The zero-order valence-corrected chi connectivity index (χ0v) is 11.4. The molecule has 3 heteroatoms. The molecular weight excluding hydrogens is 257 g/mol. The molecule has 0 aliphatic rings. The third-order valence-electron chi connectivity index (χ3n) is 3.17. The van der Waals surface area contributed by atoms with Crippen molar-refractivity contribution < 1.29 is 4.39 Å². The van der Waals surface area contributed by atoms with Gasteiger partial charge in [-0.3, -0.25) is 0 Å². The third-order valence-corrected chi connectivity index (χ3v) is 4.37. The van der Waals surface area contributed by atoms with Crippen LogP contribution in [-0.2, 0) is 0 Å². The summed E-state index contributed by atoms with van der Waals surface area (Å²) >= 11 is 1.66. The smallest absolute Gasteiger partial charge is 0.123 e. The molecule has 0 radical (unpaired) electrons. The second-order valence-electron chi connectivity index (χ2n) is 4.73. The Morgan fingerprint density at radius 1 is 1.11 bits per heavy atom. The number of nitrogens with two attached hydrogens (primary N) is 1. The summed E-state index contributed by atoms with van der Waals surface area (Å²) in [5, 5.41) is 1.19. The van der Waals surface area contributed by atoms with E-state index < -0.39 is 0 Å². The fraction of sp³-hybridized carbons (Fsp3) is 0.125. The van der Waals surface area contributed by atoms with Gasteiger partial charge in [-0.25, -0.2) is 4.39 Å². The number of aryl methyl sites for hydroxylation is 1. The summed E-state index contributed by atoms with van der Waals surface area (Å²) in [6.07, 6.45) is 0. The molecule has 19 heavy (non-hydrogen) atoms. The second-order valence-corrected chi connectivity index (χ2v) is 5.84. The average Bonchev–Trinajstić information content (AvgIpc) is 2.80. The molecule has 0 spiro atoms. The summed E-state index contributed by atoms with van der Waals surface area (Å²) in [7, 11) is 0. The molecular formula is C16H14FNS. The molecule has 0 fully saturated rings. The molecule has 0 amide bonds. The predicted molar refractivity (Wildman–Crippen MR) is 79.0 cm³/mol. The van der Waals surface area contributed by atoms with Gasteiger partial charge in [0.15, 0.2) is 0 Å². The number of halogens is 1. The van der Waals surface area contributed by atoms with Crippen molar-refractivity contribution in [1.82, 2.24) is 0 Å². The fourth-order valence-corrected chi connectivity index (χ4v) is 3.36. The van der Waals surface area contributed by atoms with Gasteiger partial charge < -0.3 is 5.73 Å². The van der Waals surface area contributed by atoms with Crippen LogP contribution in [0.3, 0.4) is 0 Å². The van der Waals surface area contributed by atoms with E-state index in [2.05, 4.69) is 18.2 Å². The van der Waals surface area contributed by atoms with Crippen molar-refractivity contribution in [2.45, 2.75) is 13.0 Å². The highest BCUT2D eigenvalue weighted by Gasteiger charge is 2.13. The molecule has 96 valence electrons. The summed E-state index contributed by atoms with van der Waals surface area (Å²) in [4.78, 5) is 1.06. The Labute approximate surface area is 115 Å². The van der Waals surface area contributed by atoms with Gasteiger partial charge in [-0.2, -0.15) is 0 Å². The van der Waals surface area contributed by atoms with Gasteiger partial charge in [-0.05, 0) is 47.7 Å². The monoisotopic (exact) mass is 271 g/mol. The second kappa shape index (κ2) is 4.76. The number of benzene rings is 2. The molecule has 2 aromatic carbocycles. The van der Waals surface area contributed by atoms with Crippen molar-refractivity contribution in [3.63, 3.8) is 0 Å². The lowest BCUT2D eigenvalue weighted by molar-refractivity contribution is 0.622. The lowest BCUT2D eigenvalue weighted by Crippen LogP contribution is -2.10. The fourth-order valence-electron chi connectivity index (χ4n) is 2.26. The standard InChI is InChI=1S/C16H14FNS/c1-10-6-12(8-13(17)7-10)16(18)15-9-11-4-2-3-5-14(11)19-15/h2-9,16H,18H2,1H3. The minimum atomic E-state index is -0.271. The third kappa shape index (κ3) is 2.39. The van der Waals surface area contributed by atoms with Crippen LogP contribution in [0.4, 0.5) is 4.39 Å². The molecule has 0 bridgehead atoms. The summed E-state index contributed by atoms with van der Waals surface area (Å²) in [5.41, 5.74) is 7.98. The molecule has 1 aromatic heterocycles. The Kier molecular flexibility index (Phi) is 3.09. The van der Waals surface area contributed by atoms with Crippen LogP contribution in [0.1, 0.15) is 22.0 Å². The highest BCUT2D eigenvalue weighted by Crippen LogP contribution is 2.32. The SMILES string of the molecule is Cc1cc(F)cc(C(N)c2cc3ccccc3s2)c1. The number of thiophene rings is 1. The highest BCUT2D eigenvalue weighted by atomic mass is 32.1. The first kappa shape index (κ1) is 12.3. The Balaban J connectivity index is 2.05. The van der Waals surface area contributed by atoms with Gasteiger partial charge in [0.1, 0.15) is 5.82 Å². The number of hydrogen-bond acceptors (Lipinski definition) is 2. The lowest BCUT2D eigenvalue weighted by Gasteiger charge is -2.11. The van der Waals surface area contributed by atoms with Crippen molar-refractivity contribution in [1.29, 1.82) is 0 Å². The molecule has 1 unspecified atom stereocenters. The van der Waals surface area contributed by atoms with E-state index in [1.807, 2.05) is 25.1 Å². The quantitative estimate of drug-likeness (QED) is 0.734. The Morgan fingerprint density at radius 3 is 2.63 bits per heavy atom. The zero-order valence-electron chi connectivity index (χ0n) is 10.6. The summed E-state index contributed by atoms with van der Waals surface area (Å²) in [5.74, 6) is -0.230. The zero-order chi connectivity index (χ0) is 13.4. The van der Waals surface area contributed by atoms with E-state index in [1.54, 1.807) is 11.3 Å². The van der Waals surface area contributed by atoms with Gasteiger partial charge in [0.05, 0.1) is 6.04 Å². The molecule has 3 rings (SSSR count). The van der Waals surface area contributed by atoms with Crippen molar-refractivity contribution in [2.75, 3.05) is 0 Å². The molecule has 1 heterocycles. The largest absolute Gasteiger partial charge is 0.320 e. The first-order valence-electron chi connectivity index (χ1n) is 6.14. The minimum Gasteiger partial charge on any atom is -0.320 e. The maximum absolute atomic E-state index is 13.5. The van der Waals surface area contributed by atoms with Gasteiger partial charge >= 0.3 is 0 Å². The molecule has 3 aromatic rings. The van der Waals surface area contributed by atoms with Crippen LogP contribution in [0.25, 0.3) is 10.1 Å². The van der Waals surface area contributed by atoms with Gasteiger partial charge in [0, 0.05) is 9.58 Å². The van der Waals surface area contributed by atoms with Crippen LogP contribution in [0, 0.1) is 12.7 Å². The van der Waals surface area contributed by atoms with Crippen LogP contribution in [-0.4, -0.2) is 0 Å². The van der Waals surface area contributed by atoms with Crippen molar-refractivity contribution in [3.8, 4) is 0 Å².